The number of nitrogens with two attached hydrogens (primary N) is 1. The maximum atomic E-state index is 5.78. The van der Waals surface area contributed by atoms with Crippen LogP contribution in [0.4, 0.5) is 0 Å². The van der Waals surface area contributed by atoms with Crippen LogP contribution in [-0.4, -0.2) is 26.4 Å². The molecule has 0 aliphatic rings. The number of nitrogens with one attached hydrogen (secondary N) is 1. The third-order valence-corrected chi connectivity index (χ3v) is 2.70. The first-order chi connectivity index (χ1) is 8.92. The fourth-order valence-electron chi connectivity index (χ4n) is 1.77. The van der Waals surface area contributed by atoms with Gasteiger partial charge in [0, 0.05) is 0 Å². The van der Waals surface area contributed by atoms with Gasteiger partial charge in [0.2, 0.25) is 0 Å². The van der Waals surface area contributed by atoms with Gasteiger partial charge < -0.3 is 14.2 Å². The lowest BCUT2D eigenvalue weighted by Crippen LogP contribution is -2.34. The van der Waals surface area contributed by atoms with Gasteiger partial charge in [0.05, 0.1) is 38.0 Å². The summed E-state index contributed by atoms with van der Waals surface area (Å²) in [4.78, 5) is 0. The van der Waals surface area contributed by atoms with E-state index in [1.165, 1.54) is 0 Å². The second-order valence-electron chi connectivity index (χ2n) is 5.22. The number of hydrogen-bond donors (Lipinski definition) is 2. The normalized spacial score (nSPS) is 13.2. The van der Waals surface area contributed by atoms with Crippen LogP contribution in [0, 0.1) is 0 Å². The molecule has 0 amide bonds. The van der Waals surface area contributed by atoms with Crippen LogP contribution >= 0.6 is 0 Å². The molecule has 0 aromatic heterocycles. The van der Waals surface area contributed by atoms with Gasteiger partial charge in [-0.15, -0.1) is 0 Å². The van der Waals surface area contributed by atoms with Crippen molar-refractivity contribution >= 4 is 0 Å². The van der Waals surface area contributed by atoms with Gasteiger partial charge in [-0.05, 0) is 32.9 Å². The minimum absolute atomic E-state index is 0.203. The molecule has 0 fully saturated rings. The van der Waals surface area contributed by atoms with Crippen molar-refractivity contribution in [2.75, 3.05) is 20.8 Å². The number of ether oxygens (including phenoxy) is 3. The number of methoxy groups -OCH3 is 2. The van der Waals surface area contributed by atoms with E-state index in [0.717, 1.165) is 17.1 Å². The van der Waals surface area contributed by atoms with Crippen LogP contribution in [0.25, 0.3) is 0 Å². The Bertz CT molecular complexity index is 380. The number of rotatable bonds is 6. The first-order valence-corrected chi connectivity index (χ1v) is 6.24. The summed E-state index contributed by atoms with van der Waals surface area (Å²) in [6.45, 7) is 6.43. The highest BCUT2D eigenvalue weighted by Crippen LogP contribution is 2.34. The molecule has 0 aliphatic heterocycles. The molecule has 1 rings (SSSR count). The van der Waals surface area contributed by atoms with Crippen molar-refractivity contribution in [2.45, 2.75) is 32.4 Å². The van der Waals surface area contributed by atoms with E-state index in [0.29, 0.717) is 6.61 Å². The van der Waals surface area contributed by atoms with Crippen LogP contribution in [0.3, 0.4) is 0 Å². The van der Waals surface area contributed by atoms with Gasteiger partial charge in [0.15, 0.2) is 0 Å². The Morgan fingerprint density at radius 1 is 1.16 bits per heavy atom. The van der Waals surface area contributed by atoms with Gasteiger partial charge in [0.25, 0.3) is 0 Å². The van der Waals surface area contributed by atoms with Crippen LogP contribution in [0.1, 0.15) is 32.4 Å². The largest absolute Gasteiger partial charge is 0.496 e. The summed E-state index contributed by atoms with van der Waals surface area (Å²) in [6.07, 6.45) is 0. The maximum Gasteiger partial charge on any atom is 0.127 e. The van der Waals surface area contributed by atoms with Crippen LogP contribution in [0.5, 0.6) is 11.5 Å². The number of hydrogen-bond acceptors (Lipinski definition) is 5. The molecule has 1 aromatic carbocycles. The summed E-state index contributed by atoms with van der Waals surface area (Å²) < 4.78 is 16.5. The minimum Gasteiger partial charge on any atom is -0.496 e. The summed E-state index contributed by atoms with van der Waals surface area (Å²) in [5.74, 6) is 7.08. The fourth-order valence-corrected chi connectivity index (χ4v) is 1.77. The van der Waals surface area contributed by atoms with Gasteiger partial charge in [-0.25, -0.2) is 0 Å². The minimum atomic E-state index is -0.232. The zero-order chi connectivity index (χ0) is 14.5. The van der Waals surface area contributed by atoms with Crippen molar-refractivity contribution in [2.24, 2.45) is 5.84 Å². The van der Waals surface area contributed by atoms with Gasteiger partial charge in [0.1, 0.15) is 11.5 Å². The Kier molecular flexibility index (Phi) is 5.60. The van der Waals surface area contributed by atoms with Crippen molar-refractivity contribution in [1.82, 2.24) is 5.43 Å². The van der Waals surface area contributed by atoms with E-state index in [4.69, 9.17) is 20.1 Å². The molecule has 5 nitrogen and oxygen atoms in total. The highest BCUT2D eigenvalue weighted by atomic mass is 16.5. The molecular weight excluding hydrogens is 244 g/mol. The number of benzene rings is 1. The molecule has 0 spiro atoms. The fraction of sp³-hybridized carbons (Fsp3) is 0.571. The van der Waals surface area contributed by atoms with E-state index in [1.54, 1.807) is 14.2 Å². The molecule has 0 saturated heterocycles. The van der Waals surface area contributed by atoms with Crippen molar-refractivity contribution < 1.29 is 14.2 Å². The Morgan fingerprint density at radius 3 is 2.05 bits per heavy atom. The zero-order valence-corrected chi connectivity index (χ0v) is 12.3. The summed E-state index contributed by atoms with van der Waals surface area (Å²) in [6, 6.07) is 5.42. The van der Waals surface area contributed by atoms with E-state index in [1.807, 2.05) is 39.0 Å². The lowest BCUT2D eigenvalue weighted by atomic mass is 10.0. The van der Waals surface area contributed by atoms with Crippen LogP contribution in [0.15, 0.2) is 18.2 Å². The molecule has 5 heteroatoms. The Balaban J connectivity index is 3.02. The monoisotopic (exact) mass is 268 g/mol. The Labute approximate surface area is 115 Å². The van der Waals surface area contributed by atoms with Crippen molar-refractivity contribution in [3.63, 3.8) is 0 Å². The topological polar surface area (TPSA) is 65.7 Å². The molecular formula is C14H24N2O3. The van der Waals surface area contributed by atoms with E-state index in [9.17, 15) is 0 Å². The average Bonchev–Trinajstić information content (AvgIpc) is 2.38. The van der Waals surface area contributed by atoms with E-state index in [-0.39, 0.29) is 11.6 Å². The smallest absolute Gasteiger partial charge is 0.127 e. The van der Waals surface area contributed by atoms with Crippen molar-refractivity contribution in [1.29, 1.82) is 0 Å². The Hall–Kier alpha value is -1.30. The lowest BCUT2D eigenvalue weighted by Gasteiger charge is -2.26. The second kappa shape index (κ2) is 6.75. The van der Waals surface area contributed by atoms with Crippen molar-refractivity contribution in [3.05, 3.63) is 23.8 Å². The summed E-state index contributed by atoms with van der Waals surface area (Å²) in [5, 5.41) is 0. The third kappa shape index (κ3) is 4.38. The molecule has 0 heterocycles. The molecule has 108 valence electrons. The van der Waals surface area contributed by atoms with Crippen LogP contribution in [-0.2, 0) is 4.74 Å². The standard InChI is InChI=1S/C14H24N2O3/c1-14(2,3)19-9-10(16-15)13-11(17-4)7-6-8-12(13)18-5/h6-8,10,16H,9,15H2,1-5H3. The average molecular weight is 268 g/mol. The third-order valence-electron chi connectivity index (χ3n) is 2.70. The van der Waals surface area contributed by atoms with Gasteiger partial charge in [-0.3, -0.25) is 11.3 Å². The molecule has 1 aromatic rings. The van der Waals surface area contributed by atoms with E-state index in [2.05, 4.69) is 5.43 Å². The highest BCUT2D eigenvalue weighted by molar-refractivity contribution is 5.47. The van der Waals surface area contributed by atoms with E-state index >= 15 is 0 Å². The molecule has 0 radical (unpaired) electrons. The quantitative estimate of drug-likeness (QED) is 0.610. The predicted octanol–water partition coefficient (Wildman–Crippen LogP) is 2.02. The SMILES string of the molecule is COc1cccc(OC)c1C(COC(C)(C)C)NN. The molecule has 0 saturated carbocycles. The molecule has 1 atom stereocenters. The van der Waals surface area contributed by atoms with Gasteiger partial charge in [-0.1, -0.05) is 6.07 Å². The lowest BCUT2D eigenvalue weighted by molar-refractivity contribution is -0.0153. The molecule has 19 heavy (non-hydrogen) atoms. The van der Waals surface area contributed by atoms with E-state index < -0.39 is 0 Å². The van der Waals surface area contributed by atoms with Crippen molar-refractivity contribution in [3.8, 4) is 11.5 Å². The summed E-state index contributed by atoms with van der Waals surface area (Å²) >= 11 is 0. The maximum absolute atomic E-state index is 5.78. The second-order valence-corrected chi connectivity index (χ2v) is 5.22. The summed E-state index contributed by atoms with van der Waals surface area (Å²) in [7, 11) is 3.24. The molecule has 1 unspecified atom stereocenters. The Morgan fingerprint density at radius 2 is 1.68 bits per heavy atom. The molecule has 3 N–H and O–H groups in total. The van der Waals surface area contributed by atoms with Gasteiger partial charge in [-0.2, -0.15) is 0 Å². The molecule has 0 bridgehead atoms. The van der Waals surface area contributed by atoms with Crippen LogP contribution in [0.2, 0.25) is 0 Å². The number of hydrazine groups is 1. The predicted molar refractivity (Wildman–Crippen MR) is 75.3 cm³/mol. The zero-order valence-electron chi connectivity index (χ0n) is 12.3. The van der Waals surface area contributed by atoms with Gasteiger partial charge >= 0.3 is 0 Å². The first-order valence-electron chi connectivity index (χ1n) is 6.24. The summed E-state index contributed by atoms with van der Waals surface area (Å²) in [5.41, 5.74) is 3.38. The first kappa shape index (κ1) is 15.8. The molecule has 0 aliphatic carbocycles. The highest BCUT2D eigenvalue weighted by Gasteiger charge is 2.22. The van der Waals surface area contributed by atoms with Crippen LogP contribution < -0.4 is 20.7 Å².